The lowest BCUT2D eigenvalue weighted by atomic mass is 9.87. The fourth-order valence-corrected chi connectivity index (χ4v) is 2.20. The molecule has 1 amide bonds. The minimum Gasteiger partial charge on any atom is -0.342 e. The van der Waals surface area contributed by atoms with Gasteiger partial charge in [-0.1, -0.05) is 27.7 Å². The van der Waals surface area contributed by atoms with Crippen LogP contribution in [0.2, 0.25) is 0 Å². The van der Waals surface area contributed by atoms with Crippen LogP contribution < -0.4 is 0 Å². The van der Waals surface area contributed by atoms with Crippen molar-refractivity contribution >= 4 is 11.7 Å². The molecule has 17 heavy (non-hydrogen) atoms. The summed E-state index contributed by atoms with van der Waals surface area (Å²) < 4.78 is 0. The van der Waals surface area contributed by atoms with Crippen LogP contribution in [0.1, 0.15) is 47.0 Å². The van der Waals surface area contributed by atoms with Crippen molar-refractivity contribution in [2.75, 3.05) is 13.1 Å². The second kappa shape index (κ2) is 6.18. The molecule has 1 saturated heterocycles. The lowest BCUT2D eigenvalue weighted by Crippen LogP contribution is -2.36. The highest BCUT2D eigenvalue weighted by atomic mass is 16.2. The standard InChI is InChI=1S/C14H25NO2/c1-10(2)13(16)9-11(3)12(4)14(17)15-7-5-6-8-15/h10-12H,5-9H2,1-4H3/t11-,12-/m1/s1. The van der Waals surface area contributed by atoms with E-state index in [1.165, 1.54) is 0 Å². The summed E-state index contributed by atoms with van der Waals surface area (Å²) in [6.07, 6.45) is 2.77. The Morgan fingerprint density at radius 2 is 1.59 bits per heavy atom. The molecule has 98 valence electrons. The number of ketones is 1. The van der Waals surface area contributed by atoms with Gasteiger partial charge >= 0.3 is 0 Å². The van der Waals surface area contributed by atoms with E-state index in [1.54, 1.807) is 0 Å². The first-order valence-corrected chi connectivity index (χ1v) is 6.75. The van der Waals surface area contributed by atoms with E-state index in [0.29, 0.717) is 6.42 Å². The van der Waals surface area contributed by atoms with Crippen molar-refractivity contribution in [2.45, 2.75) is 47.0 Å². The number of hydrogen-bond acceptors (Lipinski definition) is 2. The molecule has 0 spiro atoms. The predicted molar refractivity (Wildman–Crippen MR) is 68.6 cm³/mol. The molecule has 3 heteroatoms. The summed E-state index contributed by atoms with van der Waals surface area (Å²) in [7, 11) is 0. The molecule has 3 nitrogen and oxygen atoms in total. The van der Waals surface area contributed by atoms with Crippen molar-refractivity contribution in [1.29, 1.82) is 0 Å². The van der Waals surface area contributed by atoms with E-state index in [2.05, 4.69) is 0 Å². The van der Waals surface area contributed by atoms with Crippen LogP contribution in [-0.4, -0.2) is 29.7 Å². The van der Waals surface area contributed by atoms with Gasteiger partial charge in [-0.25, -0.2) is 0 Å². The molecule has 0 aromatic heterocycles. The van der Waals surface area contributed by atoms with Crippen molar-refractivity contribution < 1.29 is 9.59 Å². The summed E-state index contributed by atoms with van der Waals surface area (Å²) in [4.78, 5) is 25.8. The van der Waals surface area contributed by atoms with Gasteiger partial charge in [-0.3, -0.25) is 9.59 Å². The molecule has 2 atom stereocenters. The molecule has 0 unspecified atom stereocenters. The summed E-state index contributed by atoms with van der Waals surface area (Å²) >= 11 is 0. The summed E-state index contributed by atoms with van der Waals surface area (Å²) in [5, 5.41) is 0. The molecule has 1 aliphatic rings. The van der Waals surface area contributed by atoms with E-state index in [9.17, 15) is 9.59 Å². The van der Waals surface area contributed by atoms with Gasteiger partial charge in [-0.2, -0.15) is 0 Å². The van der Waals surface area contributed by atoms with Gasteiger partial charge in [0.25, 0.3) is 0 Å². The zero-order chi connectivity index (χ0) is 13.0. The summed E-state index contributed by atoms with van der Waals surface area (Å²) in [5.41, 5.74) is 0. The van der Waals surface area contributed by atoms with Crippen molar-refractivity contribution in [1.82, 2.24) is 4.90 Å². The second-order valence-electron chi connectivity index (χ2n) is 5.62. The second-order valence-corrected chi connectivity index (χ2v) is 5.62. The molecular formula is C14H25NO2. The average molecular weight is 239 g/mol. The molecule has 1 fully saturated rings. The van der Waals surface area contributed by atoms with Crippen molar-refractivity contribution in [2.24, 2.45) is 17.8 Å². The summed E-state index contributed by atoms with van der Waals surface area (Å²) in [6.45, 7) is 9.60. The van der Waals surface area contributed by atoms with Crippen LogP contribution in [0, 0.1) is 17.8 Å². The Morgan fingerprint density at radius 1 is 1.06 bits per heavy atom. The van der Waals surface area contributed by atoms with Gasteiger partial charge in [0.2, 0.25) is 5.91 Å². The molecule has 0 aliphatic carbocycles. The predicted octanol–water partition coefficient (Wildman–Crippen LogP) is 2.50. The van der Waals surface area contributed by atoms with Crippen molar-refractivity contribution in [3.8, 4) is 0 Å². The molecule has 0 saturated carbocycles. The topological polar surface area (TPSA) is 37.4 Å². The smallest absolute Gasteiger partial charge is 0.225 e. The van der Waals surface area contributed by atoms with Crippen LogP contribution in [0.3, 0.4) is 0 Å². The van der Waals surface area contributed by atoms with E-state index in [-0.39, 0.29) is 29.4 Å². The molecule has 1 heterocycles. The number of Topliss-reactive ketones (excluding diaryl/α,β-unsaturated/α-hetero) is 1. The third kappa shape index (κ3) is 3.83. The van der Waals surface area contributed by atoms with E-state index in [0.717, 1.165) is 25.9 Å². The molecule has 0 aromatic carbocycles. The van der Waals surface area contributed by atoms with Crippen LogP contribution >= 0.6 is 0 Å². The Morgan fingerprint density at radius 3 is 2.06 bits per heavy atom. The number of nitrogens with zero attached hydrogens (tertiary/aromatic N) is 1. The average Bonchev–Trinajstić information content (AvgIpc) is 2.80. The fraction of sp³-hybridized carbons (Fsp3) is 0.857. The first kappa shape index (κ1) is 14.2. The van der Waals surface area contributed by atoms with Gasteiger partial charge in [0.05, 0.1) is 0 Å². The number of hydrogen-bond donors (Lipinski definition) is 0. The minimum atomic E-state index is -0.0317. The Labute approximate surface area is 105 Å². The summed E-state index contributed by atoms with van der Waals surface area (Å²) in [5.74, 6) is 0.686. The minimum absolute atomic E-state index is 0.0317. The zero-order valence-electron chi connectivity index (χ0n) is 11.5. The van der Waals surface area contributed by atoms with E-state index < -0.39 is 0 Å². The quantitative estimate of drug-likeness (QED) is 0.739. The third-order valence-corrected chi connectivity index (χ3v) is 3.83. The van der Waals surface area contributed by atoms with Gasteiger partial charge < -0.3 is 4.90 Å². The Bertz CT molecular complexity index is 280. The van der Waals surface area contributed by atoms with Gasteiger partial charge in [0, 0.05) is 31.3 Å². The number of amides is 1. The van der Waals surface area contributed by atoms with Crippen molar-refractivity contribution in [3.05, 3.63) is 0 Å². The van der Waals surface area contributed by atoms with Crippen LogP contribution in [0.5, 0.6) is 0 Å². The first-order chi connectivity index (χ1) is 7.93. The normalized spacial score (nSPS) is 19.5. The fourth-order valence-electron chi connectivity index (χ4n) is 2.20. The molecular weight excluding hydrogens is 214 g/mol. The van der Waals surface area contributed by atoms with Gasteiger partial charge in [0.1, 0.15) is 5.78 Å². The van der Waals surface area contributed by atoms with E-state index in [4.69, 9.17) is 0 Å². The van der Waals surface area contributed by atoms with Gasteiger partial charge in [-0.05, 0) is 18.8 Å². The zero-order valence-corrected chi connectivity index (χ0v) is 11.5. The monoisotopic (exact) mass is 239 g/mol. The van der Waals surface area contributed by atoms with Crippen LogP contribution in [0.25, 0.3) is 0 Å². The van der Waals surface area contributed by atoms with Crippen LogP contribution in [-0.2, 0) is 9.59 Å². The maximum atomic E-state index is 12.2. The maximum Gasteiger partial charge on any atom is 0.225 e. The maximum absolute atomic E-state index is 12.2. The molecule has 0 radical (unpaired) electrons. The molecule has 0 aromatic rings. The SMILES string of the molecule is CC(C)C(=O)C[C@@H](C)[C@@H](C)C(=O)N1CCCC1. The number of carbonyl (C=O) groups is 2. The van der Waals surface area contributed by atoms with Crippen LogP contribution in [0.4, 0.5) is 0 Å². The molecule has 1 rings (SSSR count). The first-order valence-electron chi connectivity index (χ1n) is 6.75. The number of carbonyl (C=O) groups excluding carboxylic acids is 2. The number of rotatable bonds is 5. The lowest BCUT2D eigenvalue weighted by Gasteiger charge is -2.24. The van der Waals surface area contributed by atoms with Gasteiger partial charge in [-0.15, -0.1) is 0 Å². The Balaban J connectivity index is 2.47. The van der Waals surface area contributed by atoms with E-state index >= 15 is 0 Å². The van der Waals surface area contributed by atoms with Gasteiger partial charge in [0.15, 0.2) is 0 Å². The highest BCUT2D eigenvalue weighted by molar-refractivity contribution is 5.83. The van der Waals surface area contributed by atoms with E-state index in [1.807, 2.05) is 32.6 Å². The van der Waals surface area contributed by atoms with Crippen molar-refractivity contribution in [3.63, 3.8) is 0 Å². The summed E-state index contributed by atoms with van der Waals surface area (Å²) in [6, 6.07) is 0. The third-order valence-electron chi connectivity index (χ3n) is 3.83. The number of likely N-dealkylation sites (tertiary alicyclic amines) is 1. The lowest BCUT2D eigenvalue weighted by molar-refractivity contribution is -0.136. The molecule has 1 aliphatic heterocycles. The Kier molecular flexibility index (Phi) is 5.16. The molecule has 0 bridgehead atoms. The highest BCUT2D eigenvalue weighted by Crippen LogP contribution is 2.21. The van der Waals surface area contributed by atoms with Crippen LogP contribution in [0.15, 0.2) is 0 Å². The largest absolute Gasteiger partial charge is 0.342 e. The molecule has 0 N–H and O–H groups in total. The highest BCUT2D eigenvalue weighted by Gasteiger charge is 2.28. The Hall–Kier alpha value is -0.860.